The summed E-state index contributed by atoms with van der Waals surface area (Å²) in [4.78, 5) is 34.9. The number of methoxy groups -OCH3 is 1. The van der Waals surface area contributed by atoms with Crippen LogP contribution in [-0.4, -0.2) is 174 Å². The van der Waals surface area contributed by atoms with Gasteiger partial charge in [0.25, 0.3) is 0 Å². The lowest BCUT2D eigenvalue weighted by Crippen LogP contribution is -2.61. The number of aliphatic hydroxyl groups excluding tert-OH is 3. The summed E-state index contributed by atoms with van der Waals surface area (Å²) in [6.45, 7) is 17.7. The van der Waals surface area contributed by atoms with Crippen molar-refractivity contribution in [1.29, 1.82) is 0 Å². The van der Waals surface area contributed by atoms with E-state index in [1.165, 1.54) is 27.9 Å². The number of benzene rings is 1. The number of nitrogens with zero attached hydrogens (tertiary/aromatic N) is 5. The maximum Gasteiger partial charge on any atom is 0.311 e. The second-order valence-corrected chi connectivity index (χ2v) is 20.9. The average molecular weight is 986 g/mol. The van der Waals surface area contributed by atoms with Crippen LogP contribution in [0.5, 0.6) is 5.75 Å². The van der Waals surface area contributed by atoms with Crippen LogP contribution in [0.25, 0.3) is 10.9 Å². The van der Waals surface area contributed by atoms with Crippen molar-refractivity contribution in [3.8, 4) is 5.75 Å². The van der Waals surface area contributed by atoms with Gasteiger partial charge in [-0.3, -0.25) is 14.6 Å². The standard InChI is InChI=1S/C51H79N5O14/c1-13-39-51(10,63)44(59)30(4)41(57)28(2)25-49(8,62)46(31(5)43(32(6)47(61)68-39)69-40-26-50(9,64-12)45(60)33(7)67-40)70-48-42(58)37(24-29(3)66-48)55(11)21-19-34-27-56(54-53-34)22-23-65-38-18-14-17-36-35(38)16-15-20-52-36/h14-18,20,27-33,37,39-40,42-46,48,58-60,62-63H,13,19,21-26H2,1-12H3/t28-,29-,30+,31+,32-,33+,37+,39-,40+,42-,43+,44-,45+,46-,48+,49-,50-,51-/m1/s1. The highest BCUT2D eigenvalue weighted by atomic mass is 16.7. The van der Waals surface area contributed by atoms with Crippen molar-refractivity contribution in [2.45, 2.75) is 192 Å². The zero-order valence-corrected chi connectivity index (χ0v) is 43.0. The quantitative estimate of drug-likeness (QED) is 0.145. The topological polar surface area (TPSA) is 247 Å². The van der Waals surface area contributed by atoms with Crippen LogP contribution in [0.15, 0.2) is 42.7 Å². The molecule has 5 heterocycles. The number of fused-ring (bicyclic) bond motifs is 1. The normalized spacial score (nSPS) is 39.4. The number of likely N-dealkylation sites (N-methyl/N-ethyl adjacent to an activating group) is 1. The molecule has 0 amide bonds. The van der Waals surface area contributed by atoms with Gasteiger partial charge < -0.3 is 63.6 Å². The first-order valence-electron chi connectivity index (χ1n) is 24.9. The molecule has 0 spiro atoms. The van der Waals surface area contributed by atoms with Gasteiger partial charge in [-0.2, -0.15) is 0 Å². The molecule has 0 unspecified atom stereocenters. The number of hydrogen-bond donors (Lipinski definition) is 5. The lowest BCUT2D eigenvalue weighted by atomic mass is 9.74. The van der Waals surface area contributed by atoms with Crippen LogP contribution >= 0.6 is 0 Å². The minimum absolute atomic E-state index is 0.0640. The first kappa shape index (κ1) is 55.6. The van der Waals surface area contributed by atoms with Gasteiger partial charge in [0.15, 0.2) is 12.6 Å². The Morgan fingerprint density at radius 2 is 1.66 bits per heavy atom. The molecular formula is C51H79N5O14. The molecule has 19 heteroatoms. The van der Waals surface area contributed by atoms with Gasteiger partial charge in [0, 0.05) is 68.1 Å². The van der Waals surface area contributed by atoms with E-state index in [0.717, 1.165) is 22.3 Å². The van der Waals surface area contributed by atoms with E-state index in [1.807, 2.05) is 55.4 Å². The summed E-state index contributed by atoms with van der Waals surface area (Å²) >= 11 is 0. The largest absolute Gasteiger partial charge is 0.491 e. The van der Waals surface area contributed by atoms with E-state index in [0.29, 0.717) is 32.5 Å². The Labute approximate surface area is 412 Å². The number of aliphatic hydroxyl groups is 5. The second-order valence-electron chi connectivity index (χ2n) is 20.9. The predicted molar refractivity (Wildman–Crippen MR) is 256 cm³/mol. The summed E-state index contributed by atoms with van der Waals surface area (Å²) < 4.78 is 45.7. The lowest BCUT2D eigenvalue weighted by molar-refractivity contribution is -0.318. The fourth-order valence-electron chi connectivity index (χ4n) is 10.8. The Hall–Kier alpha value is -3.73. The molecule has 3 fully saturated rings. The number of pyridine rings is 1. The zero-order valence-electron chi connectivity index (χ0n) is 43.0. The summed E-state index contributed by atoms with van der Waals surface area (Å²) in [5.41, 5.74) is -3.38. The van der Waals surface area contributed by atoms with E-state index in [2.05, 4.69) is 15.3 Å². The minimum Gasteiger partial charge on any atom is -0.491 e. The molecule has 1 aromatic carbocycles. The Morgan fingerprint density at radius 3 is 2.36 bits per heavy atom. The second kappa shape index (κ2) is 23.0. The van der Waals surface area contributed by atoms with E-state index in [9.17, 15) is 35.1 Å². The fourth-order valence-corrected chi connectivity index (χ4v) is 10.8. The van der Waals surface area contributed by atoms with Gasteiger partial charge in [0.2, 0.25) is 0 Å². The Balaban J connectivity index is 1.23. The first-order chi connectivity index (χ1) is 32.9. The molecule has 18 atom stereocenters. The number of esters is 1. The van der Waals surface area contributed by atoms with Gasteiger partial charge in [-0.15, -0.1) is 5.10 Å². The van der Waals surface area contributed by atoms with Gasteiger partial charge >= 0.3 is 5.97 Å². The SMILES string of the molecule is CC[C@H]1OC(=O)[C@H](C)[C@@H](O[C@H]2C[C@@](C)(OC)[C@@H](O)[C@H](C)O2)[C@H](C)[C@@H](O[C@@H]2O[C@H](C)C[C@H](N(C)CCc3cn(CCOc4cccc5ncccc45)nn3)[C@H]2O)[C@](C)(O)C[C@@H](C)C(=O)[C@H](C)[C@@H](O)[C@]1(C)O. The molecule has 5 N–H and O–H groups in total. The highest BCUT2D eigenvalue weighted by molar-refractivity contribution is 5.85. The van der Waals surface area contributed by atoms with Crippen LogP contribution in [0.2, 0.25) is 0 Å². The van der Waals surface area contributed by atoms with Crippen LogP contribution in [0.4, 0.5) is 0 Å². The van der Waals surface area contributed by atoms with Gasteiger partial charge in [0.05, 0.1) is 65.4 Å². The molecule has 3 aliphatic heterocycles. The number of ether oxygens (including phenoxy) is 7. The first-order valence-corrected chi connectivity index (χ1v) is 24.9. The molecule has 3 aliphatic rings. The van der Waals surface area contributed by atoms with Gasteiger partial charge in [-0.05, 0) is 92.1 Å². The molecular weight excluding hydrogens is 907 g/mol. The zero-order chi connectivity index (χ0) is 51.5. The van der Waals surface area contributed by atoms with E-state index < -0.39 is 120 Å². The molecule has 0 radical (unpaired) electrons. The molecule has 0 saturated carbocycles. The van der Waals surface area contributed by atoms with E-state index in [4.69, 9.17) is 33.2 Å². The molecule has 3 saturated heterocycles. The van der Waals surface area contributed by atoms with Crippen molar-refractivity contribution < 1.29 is 68.3 Å². The molecule has 0 bridgehead atoms. The van der Waals surface area contributed by atoms with Crippen molar-refractivity contribution >= 4 is 22.7 Å². The van der Waals surface area contributed by atoms with E-state index >= 15 is 0 Å². The minimum atomic E-state index is -2.03. The number of cyclic esters (lactones) is 1. The van der Waals surface area contributed by atoms with Crippen LogP contribution < -0.4 is 4.74 Å². The fraction of sp³-hybridized carbons (Fsp3) is 0.745. The molecule has 392 valence electrons. The molecule has 3 aromatic rings. The van der Waals surface area contributed by atoms with Crippen molar-refractivity contribution in [3.05, 3.63) is 48.4 Å². The molecule has 2 aromatic heterocycles. The Bertz CT molecular complexity index is 2190. The molecule has 70 heavy (non-hydrogen) atoms. The van der Waals surface area contributed by atoms with Crippen LogP contribution in [0.3, 0.4) is 0 Å². The van der Waals surface area contributed by atoms with E-state index in [1.54, 1.807) is 52.4 Å². The smallest absolute Gasteiger partial charge is 0.311 e. The number of rotatable bonds is 14. The predicted octanol–water partition coefficient (Wildman–Crippen LogP) is 3.62. The number of ketones is 1. The lowest BCUT2D eigenvalue weighted by Gasteiger charge is -2.49. The molecule has 19 nitrogen and oxygen atoms in total. The summed E-state index contributed by atoms with van der Waals surface area (Å²) in [6, 6.07) is 9.13. The van der Waals surface area contributed by atoms with Crippen molar-refractivity contribution in [2.24, 2.45) is 23.7 Å². The Morgan fingerprint density at radius 1 is 0.929 bits per heavy atom. The van der Waals surface area contributed by atoms with Crippen molar-refractivity contribution in [3.63, 3.8) is 0 Å². The molecule has 0 aliphatic carbocycles. The highest BCUT2D eigenvalue weighted by Gasteiger charge is 2.53. The van der Waals surface area contributed by atoms with E-state index in [-0.39, 0.29) is 19.3 Å². The third-order valence-corrected chi connectivity index (χ3v) is 15.2. The maximum absolute atomic E-state index is 14.4. The number of carbonyl (C=O) groups is 2. The number of hydrogen-bond acceptors (Lipinski definition) is 18. The van der Waals surface area contributed by atoms with Gasteiger partial charge in [-0.1, -0.05) is 39.0 Å². The monoisotopic (exact) mass is 986 g/mol. The van der Waals surface area contributed by atoms with Crippen LogP contribution in [0.1, 0.15) is 101 Å². The maximum atomic E-state index is 14.4. The van der Waals surface area contributed by atoms with Crippen molar-refractivity contribution in [1.82, 2.24) is 24.9 Å². The third kappa shape index (κ3) is 12.4. The summed E-state index contributed by atoms with van der Waals surface area (Å²) in [7, 11) is 3.38. The average Bonchev–Trinajstić information content (AvgIpc) is 3.79. The van der Waals surface area contributed by atoms with Crippen LogP contribution in [0, 0.1) is 23.7 Å². The third-order valence-electron chi connectivity index (χ3n) is 15.2. The summed E-state index contributed by atoms with van der Waals surface area (Å²) in [5, 5.41) is 68.8. The Kier molecular flexibility index (Phi) is 18.3. The summed E-state index contributed by atoms with van der Waals surface area (Å²) in [5.74, 6) is -4.48. The number of Topliss-reactive ketones (excluding diaryl/α,β-unsaturated/α-hetero) is 1. The van der Waals surface area contributed by atoms with Gasteiger partial charge in [-0.25, -0.2) is 4.68 Å². The highest BCUT2D eigenvalue weighted by Crippen LogP contribution is 2.41. The number of aromatic nitrogens is 4. The van der Waals surface area contributed by atoms with Crippen molar-refractivity contribution in [2.75, 3.05) is 27.3 Å². The van der Waals surface area contributed by atoms with Crippen LogP contribution in [-0.2, 0) is 51.0 Å². The number of carbonyl (C=O) groups excluding carboxylic acids is 2. The van der Waals surface area contributed by atoms with Gasteiger partial charge in [0.1, 0.15) is 42.1 Å². The summed E-state index contributed by atoms with van der Waals surface area (Å²) in [6.07, 6.45) is -6.39. The molecule has 6 rings (SSSR count).